The lowest BCUT2D eigenvalue weighted by Crippen LogP contribution is -2.37. The molecule has 0 saturated carbocycles. The average Bonchev–Trinajstić information content (AvgIpc) is 3.38. The number of unbranched alkanes of at least 4 members (excludes halogenated alkanes) is 32. The minimum Gasteiger partial charge on any atom is -0.756 e. The Bertz CT molecular complexity index is 1510. The summed E-state index contributed by atoms with van der Waals surface area (Å²) in [5, 5.41) is 0. The number of likely N-dealkylation sites (N-methyl/N-ethyl adjacent to an activating group) is 1. The maximum atomic E-state index is 12.8. The third kappa shape index (κ3) is 60.7. The molecule has 0 fully saturated rings. The fourth-order valence-electron chi connectivity index (χ4n) is 8.86. The lowest BCUT2D eigenvalue weighted by Gasteiger charge is -2.28. The van der Waals surface area contributed by atoms with Crippen LogP contribution >= 0.6 is 7.82 Å². The van der Waals surface area contributed by atoms with Crippen LogP contribution in [0.1, 0.15) is 284 Å². The lowest BCUT2D eigenvalue weighted by atomic mass is 10.0. The Morgan fingerprint density at radius 1 is 0.421 bits per heavy atom. The molecule has 0 aromatic carbocycles. The van der Waals surface area contributed by atoms with E-state index in [0.29, 0.717) is 17.4 Å². The van der Waals surface area contributed by atoms with Crippen LogP contribution in [-0.4, -0.2) is 70.0 Å². The van der Waals surface area contributed by atoms with Crippen molar-refractivity contribution in [2.45, 2.75) is 290 Å². The molecule has 0 N–H and O–H groups in total. The fraction of sp³-hybridized carbons (Fsp3) is 0.788. The summed E-state index contributed by atoms with van der Waals surface area (Å²) in [5.74, 6) is -0.834. The van der Waals surface area contributed by atoms with E-state index in [1.165, 1.54) is 161 Å². The first-order valence-electron chi connectivity index (χ1n) is 31.6. The molecule has 2 unspecified atom stereocenters. The highest BCUT2D eigenvalue weighted by Gasteiger charge is 2.22. The number of allylic oxidation sites excluding steroid dienone is 12. The molecule has 2 atom stereocenters. The van der Waals surface area contributed by atoms with Gasteiger partial charge in [0.15, 0.2) is 6.10 Å². The normalized spacial score (nSPS) is 13.7. The molecule has 0 aliphatic carbocycles. The molecule has 442 valence electrons. The van der Waals surface area contributed by atoms with Gasteiger partial charge < -0.3 is 27.9 Å². The Labute approximate surface area is 469 Å². The summed E-state index contributed by atoms with van der Waals surface area (Å²) in [6.07, 6.45) is 75.6. The molecule has 0 bridgehead atoms. The Balaban J connectivity index is 3.90. The highest BCUT2D eigenvalue weighted by molar-refractivity contribution is 7.45. The molecule has 0 aromatic rings. The third-order valence-electron chi connectivity index (χ3n) is 13.7. The number of esters is 2. The van der Waals surface area contributed by atoms with Crippen LogP contribution in [0.3, 0.4) is 0 Å². The van der Waals surface area contributed by atoms with Crippen molar-refractivity contribution in [3.05, 3.63) is 72.9 Å². The molecule has 0 aliphatic rings. The minimum atomic E-state index is -4.63. The van der Waals surface area contributed by atoms with Gasteiger partial charge in [-0.1, -0.05) is 260 Å². The summed E-state index contributed by atoms with van der Waals surface area (Å²) < 4.78 is 34.1. The molecule has 76 heavy (non-hydrogen) atoms. The summed E-state index contributed by atoms with van der Waals surface area (Å²) in [7, 11) is 1.17. The Hall–Kier alpha value is -2.55. The monoisotopic (exact) mass is 1090 g/mol. The molecule has 10 heteroatoms. The maximum absolute atomic E-state index is 12.8. The first kappa shape index (κ1) is 73.5. The van der Waals surface area contributed by atoms with Crippen LogP contribution in [0.2, 0.25) is 0 Å². The SMILES string of the molecule is CC/C=C\C/C=C\C/C=C\C/C=C\C/C=C\CCCCCCCCCCCCCCCCCCCCCCCCCC(=O)OC(COC(=O)CCCCCCC/C=C\CCCCCC)COP(=O)([O-])OCC[N+](C)(C)C. The highest BCUT2D eigenvalue weighted by atomic mass is 31.2. The van der Waals surface area contributed by atoms with E-state index in [0.717, 1.165) is 89.9 Å². The van der Waals surface area contributed by atoms with Crippen molar-refractivity contribution in [3.63, 3.8) is 0 Å². The van der Waals surface area contributed by atoms with Gasteiger partial charge in [0.1, 0.15) is 19.8 Å². The molecule has 0 aliphatic heterocycles. The van der Waals surface area contributed by atoms with E-state index in [1.807, 2.05) is 21.1 Å². The number of quaternary nitrogens is 1. The summed E-state index contributed by atoms with van der Waals surface area (Å²) in [6, 6.07) is 0. The molecule has 0 heterocycles. The predicted molar refractivity (Wildman–Crippen MR) is 323 cm³/mol. The van der Waals surface area contributed by atoms with Gasteiger partial charge in [0.05, 0.1) is 27.7 Å². The van der Waals surface area contributed by atoms with Crippen molar-refractivity contribution in [2.24, 2.45) is 0 Å². The molecule has 0 radical (unpaired) electrons. The molecule has 0 spiro atoms. The Morgan fingerprint density at radius 3 is 1.13 bits per heavy atom. The number of phosphoric acid groups is 1. The smallest absolute Gasteiger partial charge is 0.306 e. The summed E-state index contributed by atoms with van der Waals surface area (Å²) in [6.45, 7) is 4.12. The van der Waals surface area contributed by atoms with Crippen LogP contribution in [0.4, 0.5) is 0 Å². The molecular weight excluding hydrogens is 966 g/mol. The van der Waals surface area contributed by atoms with Crippen molar-refractivity contribution >= 4 is 19.8 Å². The van der Waals surface area contributed by atoms with Gasteiger partial charge in [-0.2, -0.15) is 0 Å². The number of hydrogen-bond acceptors (Lipinski definition) is 8. The first-order chi connectivity index (χ1) is 37.0. The van der Waals surface area contributed by atoms with E-state index in [2.05, 4.69) is 86.8 Å². The average molecular weight is 1090 g/mol. The van der Waals surface area contributed by atoms with Crippen LogP contribution in [-0.2, 0) is 32.7 Å². The Morgan fingerprint density at radius 2 is 0.750 bits per heavy atom. The van der Waals surface area contributed by atoms with E-state index in [4.69, 9.17) is 18.5 Å². The van der Waals surface area contributed by atoms with Gasteiger partial charge in [0.25, 0.3) is 7.82 Å². The van der Waals surface area contributed by atoms with Gasteiger partial charge >= 0.3 is 11.9 Å². The van der Waals surface area contributed by atoms with Gasteiger partial charge in [0.2, 0.25) is 0 Å². The van der Waals surface area contributed by atoms with Crippen LogP contribution in [0, 0.1) is 0 Å². The van der Waals surface area contributed by atoms with Gasteiger partial charge in [0, 0.05) is 12.8 Å². The number of carbonyl (C=O) groups excluding carboxylic acids is 2. The fourth-order valence-corrected chi connectivity index (χ4v) is 9.58. The Kier molecular flexibility index (Phi) is 55.2. The molecule has 0 aromatic heterocycles. The minimum absolute atomic E-state index is 0.0316. The van der Waals surface area contributed by atoms with Gasteiger partial charge in [-0.25, -0.2) is 0 Å². The van der Waals surface area contributed by atoms with Crippen molar-refractivity contribution in [1.29, 1.82) is 0 Å². The quantitative estimate of drug-likeness (QED) is 0.0195. The van der Waals surface area contributed by atoms with E-state index < -0.39 is 26.5 Å². The zero-order valence-corrected chi connectivity index (χ0v) is 51.1. The highest BCUT2D eigenvalue weighted by Crippen LogP contribution is 2.38. The predicted octanol–water partition coefficient (Wildman–Crippen LogP) is 19.4. The van der Waals surface area contributed by atoms with Crippen molar-refractivity contribution in [3.8, 4) is 0 Å². The second kappa shape index (κ2) is 57.1. The number of rotatable bonds is 58. The van der Waals surface area contributed by atoms with Crippen molar-refractivity contribution < 1.29 is 42.1 Å². The number of ether oxygens (including phenoxy) is 2. The zero-order valence-electron chi connectivity index (χ0n) is 50.2. The molecule has 0 rings (SSSR count). The van der Waals surface area contributed by atoms with Gasteiger partial charge in [-0.15, -0.1) is 0 Å². The summed E-state index contributed by atoms with van der Waals surface area (Å²) in [5.41, 5.74) is 0. The van der Waals surface area contributed by atoms with Crippen LogP contribution in [0.5, 0.6) is 0 Å². The summed E-state index contributed by atoms with van der Waals surface area (Å²) >= 11 is 0. The van der Waals surface area contributed by atoms with Crippen LogP contribution < -0.4 is 4.89 Å². The van der Waals surface area contributed by atoms with E-state index in [1.54, 1.807) is 0 Å². The molecule has 9 nitrogen and oxygen atoms in total. The van der Waals surface area contributed by atoms with E-state index >= 15 is 0 Å². The molecule has 0 saturated heterocycles. The summed E-state index contributed by atoms with van der Waals surface area (Å²) in [4.78, 5) is 37.8. The maximum Gasteiger partial charge on any atom is 0.306 e. The molecular formula is C66H120NO8P. The third-order valence-corrected chi connectivity index (χ3v) is 14.7. The van der Waals surface area contributed by atoms with Crippen LogP contribution in [0.25, 0.3) is 0 Å². The number of phosphoric ester groups is 1. The van der Waals surface area contributed by atoms with Gasteiger partial charge in [-0.3, -0.25) is 14.2 Å². The lowest BCUT2D eigenvalue weighted by molar-refractivity contribution is -0.870. The second-order valence-electron chi connectivity index (χ2n) is 22.4. The number of carbonyl (C=O) groups is 2. The second-order valence-corrected chi connectivity index (χ2v) is 23.8. The largest absolute Gasteiger partial charge is 0.756 e. The topological polar surface area (TPSA) is 111 Å². The van der Waals surface area contributed by atoms with Crippen LogP contribution in [0.15, 0.2) is 72.9 Å². The van der Waals surface area contributed by atoms with E-state index in [-0.39, 0.29) is 32.0 Å². The van der Waals surface area contributed by atoms with Crippen molar-refractivity contribution in [2.75, 3.05) is 47.5 Å². The standard InChI is InChI=1S/C66H120NO8P/c1-6-8-10-12-14-16-18-20-21-22-23-24-25-26-27-28-29-30-31-32-33-34-35-36-37-38-39-40-41-42-43-44-45-47-49-51-53-55-57-59-66(69)75-64(63-74-76(70,71)73-61-60-67(3,4)5)62-72-65(68)58-56-54-52-50-48-46-19-17-15-13-11-9-7-2/h8,10,14,16-17,19-21,23-24,26-27,64H,6-7,9,11-13,15,18,22,25,28-63H2,1-5H3/b10-8-,16-14-,19-17-,21-20-,24-23-,27-26-. The zero-order chi connectivity index (χ0) is 55.6. The van der Waals surface area contributed by atoms with Gasteiger partial charge in [-0.05, 0) is 83.5 Å². The van der Waals surface area contributed by atoms with Crippen molar-refractivity contribution in [1.82, 2.24) is 0 Å². The first-order valence-corrected chi connectivity index (χ1v) is 33.1. The van der Waals surface area contributed by atoms with E-state index in [9.17, 15) is 19.0 Å². The number of hydrogen-bond donors (Lipinski definition) is 0. The number of nitrogens with zero attached hydrogens (tertiary/aromatic N) is 1. The molecule has 0 amide bonds.